The maximum Gasteiger partial charge on any atom is 0.236 e. The SMILES string of the molecule is CCCCN(CCCC)C(=O)CN1CC(c2cc(OC)c3c(c2)OCO3)C[C@@H]1CCc1ccccc1OC. The van der Waals surface area contributed by atoms with E-state index in [1.165, 1.54) is 11.1 Å². The van der Waals surface area contributed by atoms with Crippen LogP contribution in [0.25, 0.3) is 0 Å². The van der Waals surface area contributed by atoms with Crippen molar-refractivity contribution in [1.29, 1.82) is 0 Å². The Morgan fingerprint density at radius 2 is 1.76 bits per heavy atom. The fourth-order valence-corrected chi connectivity index (χ4v) is 5.67. The number of rotatable bonds is 14. The van der Waals surface area contributed by atoms with Gasteiger partial charge in [0.05, 0.1) is 20.8 Å². The zero-order chi connectivity index (χ0) is 26.9. The second-order valence-electron chi connectivity index (χ2n) is 10.4. The lowest BCUT2D eigenvalue weighted by Crippen LogP contribution is -2.43. The highest BCUT2D eigenvalue weighted by Crippen LogP contribution is 2.45. The molecule has 0 radical (unpaired) electrons. The Morgan fingerprint density at radius 1 is 1.03 bits per heavy atom. The summed E-state index contributed by atoms with van der Waals surface area (Å²) in [5, 5.41) is 0. The molecule has 1 unspecified atom stereocenters. The van der Waals surface area contributed by atoms with Gasteiger partial charge >= 0.3 is 0 Å². The first-order valence-electron chi connectivity index (χ1n) is 14.2. The number of para-hydroxylation sites is 1. The van der Waals surface area contributed by atoms with Crippen molar-refractivity contribution in [2.75, 3.05) is 47.2 Å². The molecule has 2 aromatic rings. The average Bonchev–Trinajstić information content (AvgIpc) is 3.58. The number of benzene rings is 2. The number of aryl methyl sites for hydroxylation is 1. The molecule has 38 heavy (non-hydrogen) atoms. The minimum Gasteiger partial charge on any atom is -0.496 e. The van der Waals surface area contributed by atoms with Crippen LogP contribution in [0.1, 0.15) is 69.4 Å². The number of likely N-dealkylation sites (tertiary alicyclic amines) is 1. The number of amides is 1. The fraction of sp³-hybridized carbons (Fsp3) is 0.581. The second kappa shape index (κ2) is 13.7. The molecule has 0 spiro atoms. The van der Waals surface area contributed by atoms with E-state index in [1.807, 2.05) is 12.1 Å². The minimum atomic E-state index is 0.216. The molecule has 1 fully saturated rings. The van der Waals surface area contributed by atoms with Gasteiger partial charge in [-0.1, -0.05) is 44.9 Å². The molecular weight excluding hydrogens is 480 g/mol. The van der Waals surface area contributed by atoms with Crippen molar-refractivity contribution in [3.63, 3.8) is 0 Å². The molecule has 2 atom stereocenters. The van der Waals surface area contributed by atoms with Crippen molar-refractivity contribution in [1.82, 2.24) is 9.80 Å². The number of hydrogen-bond acceptors (Lipinski definition) is 6. The highest BCUT2D eigenvalue weighted by atomic mass is 16.7. The minimum absolute atomic E-state index is 0.216. The van der Waals surface area contributed by atoms with Crippen molar-refractivity contribution < 1.29 is 23.7 Å². The topological polar surface area (TPSA) is 60.5 Å². The summed E-state index contributed by atoms with van der Waals surface area (Å²) in [6.07, 6.45) is 7.14. The van der Waals surface area contributed by atoms with Crippen molar-refractivity contribution >= 4 is 5.91 Å². The monoisotopic (exact) mass is 524 g/mol. The molecule has 0 N–H and O–H groups in total. The molecule has 7 heteroatoms. The van der Waals surface area contributed by atoms with Crippen LogP contribution in [0.2, 0.25) is 0 Å². The molecular formula is C31H44N2O5. The molecule has 2 aliphatic heterocycles. The van der Waals surface area contributed by atoms with Crippen LogP contribution in [-0.2, 0) is 11.2 Å². The number of fused-ring (bicyclic) bond motifs is 1. The molecule has 1 saturated heterocycles. The van der Waals surface area contributed by atoms with Crippen LogP contribution in [0.15, 0.2) is 36.4 Å². The van der Waals surface area contributed by atoms with Gasteiger partial charge in [0.1, 0.15) is 5.75 Å². The first-order chi connectivity index (χ1) is 18.6. The first-order valence-corrected chi connectivity index (χ1v) is 14.2. The van der Waals surface area contributed by atoms with Gasteiger partial charge in [0.2, 0.25) is 18.4 Å². The smallest absolute Gasteiger partial charge is 0.236 e. The van der Waals surface area contributed by atoms with Crippen molar-refractivity contribution in [2.24, 2.45) is 0 Å². The Morgan fingerprint density at radius 3 is 2.47 bits per heavy atom. The lowest BCUT2D eigenvalue weighted by molar-refractivity contribution is -0.132. The predicted octanol–water partition coefficient (Wildman–Crippen LogP) is 5.65. The van der Waals surface area contributed by atoms with Gasteiger partial charge in [0, 0.05) is 25.7 Å². The van der Waals surface area contributed by atoms with Gasteiger partial charge in [-0.2, -0.15) is 0 Å². The van der Waals surface area contributed by atoms with E-state index >= 15 is 0 Å². The van der Waals surface area contributed by atoms with E-state index in [0.29, 0.717) is 24.1 Å². The maximum atomic E-state index is 13.5. The van der Waals surface area contributed by atoms with Gasteiger partial charge in [-0.15, -0.1) is 0 Å². The van der Waals surface area contributed by atoms with Gasteiger partial charge in [-0.25, -0.2) is 0 Å². The third-order valence-electron chi connectivity index (χ3n) is 7.87. The molecule has 0 aromatic heterocycles. The summed E-state index contributed by atoms with van der Waals surface area (Å²) >= 11 is 0. The molecule has 0 saturated carbocycles. The highest BCUT2D eigenvalue weighted by Gasteiger charge is 2.36. The Balaban J connectivity index is 1.53. The quantitative estimate of drug-likeness (QED) is 0.318. The standard InChI is InChI=1S/C31H44N2O5/c1-5-7-15-32(16-8-6-2)30(34)21-33-20-25(24-18-28(36-4)31-29(19-24)37-22-38-31)17-26(33)14-13-23-11-9-10-12-27(23)35-3/h9-12,18-19,25-26H,5-8,13-17,20-22H2,1-4H3/t25?,26-/m0/s1. The normalized spacial score (nSPS) is 18.5. The number of ether oxygens (including phenoxy) is 4. The summed E-state index contributed by atoms with van der Waals surface area (Å²) in [6, 6.07) is 12.7. The number of unbranched alkanes of at least 4 members (excludes halogenated alkanes) is 2. The second-order valence-corrected chi connectivity index (χ2v) is 10.4. The van der Waals surface area contributed by atoms with E-state index in [-0.39, 0.29) is 18.6 Å². The van der Waals surface area contributed by atoms with Crippen molar-refractivity contribution in [3.05, 3.63) is 47.5 Å². The van der Waals surface area contributed by atoms with Crippen molar-refractivity contribution in [3.8, 4) is 23.0 Å². The molecule has 0 aliphatic carbocycles. The zero-order valence-corrected chi connectivity index (χ0v) is 23.5. The van der Waals surface area contributed by atoms with Gasteiger partial charge in [0.15, 0.2) is 11.5 Å². The molecule has 2 aliphatic rings. The fourth-order valence-electron chi connectivity index (χ4n) is 5.67. The molecule has 208 valence electrons. The van der Waals surface area contributed by atoms with Crippen LogP contribution in [0, 0.1) is 0 Å². The summed E-state index contributed by atoms with van der Waals surface area (Å²) in [5.74, 6) is 3.59. The van der Waals surface area contributed by atoms with Crippen LogP contribution < -0.4 is 18.9 Å². The van der Waals surface area contributed by atoms with E-state index in [2.05, 4.69) is 47.9 Å². The van der Waals surface area contributed by atoms with Crippen LogP contribution >= 0.6 is 0 Å². The summed E-state index contributed by atoms with van der Waals surface area (Å²) in [4.78, 5) is 18.0. The first kappa shape index (κ1) is 28.1. The van der Waals surface area contributed by atoms with Gasteiger partial charge in [-0.05, 0) is 67.3 Å². The van der Waals surface area contributed by atoms with E-state index in [0.717, 1.165) is 76.1 Å². The third-order valence-corrected chi connectivity index (χ3v) is 7.87. The van der Waals surface area contributed by atoms with E-state index in [1.54, 1.807) is 14.2 Å². The van der Waals surface area contributed by atoms with Crippen LogP contribution in [0.5, 0.6) is 23.0 Å². The molecule has 2 heterocycles. The molecule has 4 rings (SSSR count). The summed E-state index contributed by atoms with van der Waals surface area (Å²) in [6.45, 7) is 7.56. The third kappa shape index (κ3) is 6.73. The van der Waals surface area contributed by atoms with Crippen molar-refractivity contribution in [2.45, 2.75) is 70.8 Å². The largest absolute Gasteiger partial charge is 0.496 e. The Kier molecular flexibility index (Phi) is 10.2. The molecule has 2 aromatic carbocycles. The van der Waals surface area contributed by atoms with Crippen LogP contribution in [-0.4, -0.2) is 68.9 Å². The summed E-state index contributed by atoms with van der Waals surface area (Å²) in [7, 11) is 3.39. The number of carbonyl (C=O) groups is 1. The molecule has 0 bridgehead atoms. The molecule has 7 nitrogen and oxygen atoms in total. The summed E-state index contributed by atoms with van der Waals surface area (Å²) in [5.41, 5.74) is 2.39. The van der Waals surface area contributed by atoms with E-state index in [9.17, 15) is 4.79 Å². The Bertz CT molecular complexity index is 1050. The lowest BCUT2D eigenvalue weighted by Gasteiger charge is -2.29. The van der Waals surface area contributed by atoms with Gasteiger partial charge < -0.3 is 23.8 Å². The van der Waals surface area contributed by atoms with Gasteiger partial charge in [-0.3, -0.25) is 9.69 Å². The predicted molar refractivity (Wildman–Crippen MR) is 150 cm³/mol. The highest BCUT2D eigenvalue weighted by molar-refractivity contribution is 5.78. The maximum absolute atomic E-state index is 13.5. The van der Waals surface area contributed by atoms with Gasteiger partial charge in [0.25, 0.3) is 0 Å². The number of carbonyl (C=O) groups excluding carboxylic acids is 1. The number of nitrogens with zero attached hydrogens (tertiary/aromatic N) is 2. The molecule has 1 amide bonds. The zero-order valence-electron chi connectivity index (χ0n) is 23.5. The van der Waals surface area contributed by atoms with Crippen LogP contribution in [0.3, 0.4) is 0 Å². The van der Waals surface area contributed by atoms with Crippen LogP contribution in [0.4, 0.5) is 0 Å². The lowest BCUT2D eigenvalue weighted by atomic mass is 9.93. The number of methoxy groups -OCH3 is 2. The van der Waals surface area contributed by atoms with E-state index < -0.39 is 0 Å². The average molecular weight is 525 g/mol. The Hall–Kier alpha value is -2.93. The number of hydrogen-bond donors (Lipinski definition) is 0. The summed E-state index contributed by atoms with van der Waals surface area (Å²) < 4.78 is 22.5. The van der Waals surface area contributed by atoms with E-state index in [4.69, 9.17) is 18.9 Å². The Labute approximate surface area is 228 Å².